The highest BCUT2D eigenvalue weighted by Gasteiger charge is 2.14. The molecular weight excluding hydrogens is 348 g/mol. The topological polar surface area (TPSA) is 67.7 Å². The lowest BCUT2D eigenvalue weighted by molar-refractivity contribution is 0.0600. The first-order chi connectivity index (χ1) is 12.4. The van der Waals surface area contributed by atoms with Crippen LogP contribution in [0.5, 0.6) is 0 Å². The normalized spacial score (nSPS) is 10.8. The van der Waals surface area contributed by atoms with Crippen molar-refractivity contribution < 1.29 is 9.53 Å². The van der Waals surface area contributed by atoms with Crippen molar-refractivity contribution in [3.8, 4) is 5.69 Å². The summed E-state index contributed by atoms with van der Waals surface area (Å²) in [7, 11) is 1.38. The summed E-state index contributed by atoms with van der Waals surface area (Å²) in [5.41, 5.74) is 8.35. The van der Waals surface area contributed by atoms with E-state index >= 15 is 0 Å². The van der Waals surface area contributed by atoms with Gasteiger partial charge in [-0.25, -0.2) is 4.79 Å². The molecule has 0 saturated carbocycles. The Morgan fingerprint density at radius 3 is 2.69 bits per heavy atom. The van der Waals surface area contributed by atoms with Gasteiger partial charge in [0, 0.05) is 29.2 Å². The monoisotopic (exact) mass is 372 g/mol. The first kappa shape index (κ1) is 19.7. The lowest BCUT2D eigenvalue weighted by atomic mass is 10.1. The molecular formula is C19H24N4O2S. The van der Waals surface area contributed by atoms with Gasteiger partial charge in [0.25, 0.3) is 0 Å². The van der Waals surface area contributed by atoms with Crippen molar-refractivity contribution in [1.82, 2.24) is 15.3 Å². The lowest BCUT2D eigenvalue weighted by Gasteiger charge is -2.14. The van der Waals surface area contributed by atoms with Gasteiger partial charge in [0.2, 0.25) is 0 Å². The quantitative estimate of drug-likeness (QED) is 0.365. The molecule has 2 rings (SSSR count). The molecule has 2 N–H and O–H groups in total. The molecule has 138 valence electrons. The van der Waals surface area contributed by atoms with Crippen LogP contribution in [0.4, 0.5) is 0 Å². The van der Waals surface area contributed by atoms with Crippen LogP contribution in [0.1, 0.15) is 39.8 Å². The molecule has 2 aromatic rings. The zero-order valence-electron chi connectivity index (χ0n) is 15.7. The molecule has 0 spiro atoms. The number of thiocarbonyl (C=S) groups is 1. The van der Waals surface area contributed by atoms with Gasteiger partial charge >= 0.3 is 5.97 Å². The highest BCUT2D eigenvalue weighted by Crippen LogP contribution is 2.24. The van der Waals surface area contributed by atoms with Crippen molar-refractivity contribution in [3.05, 3.63) is 52.3 Å². The minimum atomic E-state index is -0.350. The smallest absolute Gasteiger partial charge is 0.337 e. The van der Waals surface area contributed by atoms with E-state index in [9.17, 15) is 4.79 Å². The van der Waals surface area contributed by atoms with Gasteiger partial charge in [-0.05, 0) is 63.7 Å². The van der Waals surface area contributed by atoms with Crippen molar-refractivity contribution in [2.24, 2.45) is 5.10 Å². The average molecular weight is 372 g/mol. The van der Waals surface area contributed by atoms with E-state index in [0.29, 0.717) is 10.7 Å². The Morgan fingerprint density at radius 2 is 2.04 bits per heavy atom. The molecule has 0 saturated heterocycles. The molecule has 1 heterocycles. The van der Waals surface area contributed by atoms with Crippen LogP contribution < -0.4 is 10.7 Å². The van der Waals surface area contributed by atoms with Crippen molar-refractivity contribution in [2.45, 2.75) is 27.7 Å². The number of hydrogen-bond acceptors (Lipinski definition) is 4. The van der Waals surface area contributed by atoms with Crippen LogP contribution >= 0.6 is 12.2 Å². The maximum absolute atomic E-state index is 11.9. The number of nitrogens with zero attached hydrogens (tertiary/aromatic N) is 2. The Bertz CT molecular complexity index is 855. The molecule has 0 aliphatic heterocycles. The van der Waals surface area contributed by atoms with Crippen molar-refractivity contribution in [1.29, 1.82) is 0 Å². The van der Waals surface area contributed by atoms with Gasteiger partial charge in [-0.1, -0.05) is 6.07 Å². The summed E-state index contributed by atoms with van der Waals surface area (Å²) in [6.07, 6.45) is 1.74. The van der Waals surface area contributed by atoms with Crippen LogP contribution in [0.15, 0.2) is 29.4 Å². The third-order valence-corrected chi connectivity index (χ3v) is 4.28. The number of hydrazone groups is 1. The van der Waals surface area contributed by atoms with Crippen LogP contribution in [-0.4, -0.2) is 35.5 Å². The van der Waals surface area contributed by atoms with Gasteiger partial charge in [0.05, 0.1) is 18.9 Å². The minimum absolute atomic E-state index is 0.350. The molecule has 0 radical (unpaired) electrons. The molecule has 0 fully saturated rings. The largest absolute Gasteiger partial charge is 0.465 e. The number of hydrogen-bond donors (Lipinski definition) is 2. The second kappa shape index (κ2) is 8.62. The summed E-state index contributed by atoms with van der Waals surface area (Å²) in [6.45, 7) is 8.76. The molecule has 0 unspecified atom stereocenters. The number of ether oxygens (including phenoxy) is 1. The molecule has 0 amide bonds. The predicted octanol–water partition coefficient (Wildman–Crippen LogP) is 3.01. The third kappa shape index (κ3) is 4.29. The third-order valence-electron chi connectivity index (χ3n) is 4.05. The zero-order valence-corrected chi connectivity index (χ0v) is 16.5. The zero-order chi connectivity index (χ0) is 19.3. The Balaban J connectivity index is 2.37. The molecule has 0 aliphatic rings. The molecule has 7 heteroatoms. The first-order valence-electron chi connectivity index (χ1n) is 8.34. The highest BCUT2D eigenvalue weighted by molar-refractivity contribution is 7.80. The van der Waals surface area contributed by atoms with Gasteiger partial charge in [-0.15, -0.1) is 0 Å². The first-order valence-corrected chi connectivity index (χ1v) is 8.75. The van der Waals surface area contributed by atoms with E-state index in [4.69, 9.17) is 17.0 Å². The Morgan fingerprint density at radius 1 is 1.31 bits per heavy atom. The second-order valence-corrected chi connectivity index (χ2v) is 6.29. The summed E-state index contributed by atoms with van der Waals surface area (Å²) >= 11 is 5.09. The number of methoxy groups -OCH3 is 1. The lowest BCUT2D eigenvalue weighted by Crippen LogP contribution is -2.31. The fraction of sp³-hybridized carbons (Fsp3) is 0.316. The standard InChI is InChI=1S/C19H24N4O2S/c1-6-20-19(26)22-21-11-16-9-13(3)23(14(16)4)17-10-15(18(24)25-5)8-7-12(17)2/h7-11H,6H2,1-5H3,(H2,20,22,26)/b21-11-. The maximum atomic E-state index is 11.9. The van der Waals surface area contributed by atoms with E-state index in [0.717, 1.165) is 34.7 Å². The summed E-state index contributed by atoms with van der Waals surface area (Å²) in [4.78, 5) is 11.9. The van der Waals surface area contributed by atoms with E-state index in [1.165, 1.54) is 7.11 Å². The molecule has 26 heavy (non-hydrogen) atoms. The van der Waals surface area contributed by atoms with Gasteiger partial charge < -0.3 is 14.6 Å². The summed E-state index contributed by atoms with van der Waals surface area (Å²) < 4.78 is 6.94. The Hall–Kier alpha value is -2.67. The number of carbonyl (C=O) groups excluding carboxylic acids is 1. The number of benzene rings is 1. The van der Waals surface area contributed by atoms with Gasteiger partial charge in [0.1, 0.15) is 0 Å². The number of rotatable bonds is 5. The molecule has 1 aromatic heterocycles. The fourth-order valence-electron chi connectivity index (χ4n) is 2.74. The Labute approximate surface area is 159 Å². The predicted molar refractivity (Wildman–Crippen MR) is 108 cm³/mol. The molecule has 6 nitrogen and oxygen atoms in total. The van der Waals surface area contributed by atoms with Crippen LogP contribution in [0.25, 0.3) is 5.69 Å². The van der Waals surface area contributed by atoms with Crippen LogP contribution in [0, 0.1) is 20.8 Å². The second-order valence-electron chi connectivity index (χ2n) is 5.88. The number of esters is 1. The van der Waals surface area contributed by atoms with E-state index in [1.54, 1.807) is 12.3 Å². The fourth-order valence-corrected chi connectivity index (χ4v) is 2.94. The summed E-state index contributed by atoms with van der Waals surface area (Å²) in [5.74, 6) is -0.350. The number of carbonyl (C=O) groups is 1. The SMILES string of the molecule is CCNC(=S)N/N=C\c1cc(C)n(-c2cc(C(=O)OC)ccc2C)c1C. The van der Waals surface area contributed by atoms with E-state index in [-0.39, 0.29) is 5.97 Å². The van der Waals surface area contributed by atoms with Crippen molar-refractivity contribution in [2.75, 3.05) is 13.7 Å². The van der Waals surface area contributed by atoms with Gasteiger partial charge in [-0.2, -0.15) is 5.10 Å². The molecule has 0 atom stereocenters. The summed E-state index contributed by atoms with van der Waals surface area (Å²) in [5, 5.41) is 7.65. The van der Waals surface area contributed by atoms with Crippen molar-refractivity contribution >= 4 is 29.5 Å². The highest BCUT2D eigenvalue weighted by atomic mass is 32.1. The minimum Gasteiger partial charge on any atom is -0.465 e. The molecule has 0 aliphatic carbocycles. The molecule has 0 bridgehead atoms. The van der Waals surface area contributed by atoms with E-state index < -0.39 is 0 Å². The average Bonchev–Trinajstić information content (AvgIpc) is 2.89. The number of nitrogens with one attached hydrogen (secondary N) is 2. The van der Waals surface area contributed by atoms with Crippen LogP contribution in [0.3, 0.4) is 0 Å². The van der Waals surface area contributed by atoms with E-state index in [2.05, 4.69) is 20.4 Å². The van der Waals surface area contributed by atoms with Gasteiger partial charge in [0.15, 0.2) is 5.11 Å². The Kier molecular flexibility index (Phi) is 6.52. The number of aromatic nitrogens is 1. The molecule has 1 aromatic carbocycles. The number of aryl methyl sites for hydroxylation is 2. The van der Waals surface area contributed by atoms with Gasteiger partial charge in [-0.3, -0.25) is 5.43 Å². The maximum Gasteiger partial charge on any atom is 0.337 e. The van der Waals surface area contributed by atoms with Crippen LogP contribution in [0.2, 0.25) is 0 Å². The van der Waals surface area contributed by atoms with Crippen molar-refractivity contribution in [3.63, 3.8) is 0 Å². The van der Waals surface area contributed by atoms with E-state index in [1.807, 2.05) is 45.9 Å². The van der Waals surface area contributed by atoms with Crippen LogP contribution in [-0.2, 0) is 4.74 Å². The summed E-state index contributed by atoms with van der Waals surface area (Å²) in [6, 6.07) is 7.58.